The molecule has 0 radical (unpaired) electrons. The lowest BCUT2D eigenvalue weighted by molar-refractivity contribution is 0.422. The Labute approximate surface area is 71.4 Å². The Kier molecular flexibility index (Phi) is 3.19. The van der Waals surface area contributed by atoms with Crippen LogP contribution < -0.4 is 5.72 Å². The predicted octanol–water partition coefficient (Wildman–Crippen LogP) is -0.891. The van der Waals surface area contributed by atoms with E-state index in [1.54, 1.807) is 12.4 Å². The van der Waals surface area contributed by atoms with E-state index in [4.69, 9.17) is 10.0 Å². The van der Waals surface area contributed by atoms with E-state index in [1.807, 2.05) is 0 Å². The van der Waals surface area contributed by atoms with Gasteiger partial charge in [0.2, 0.25) is 0 Å². The summed E-state index contributed by atoms with van der Waals surface area (Å²) in [6.07, 6.45) is 5.18. The molecular weight excluding hydrogens is 155 g/mol. The summed E-state index contributed by atoms with van der Waals surface area (Å²) in [5, 5.41) is 17.4. The fourth-order valence-corrected chi connectivity index (χ4v) is 0.916. The maximum atomic E-state index is 8.68. The predicted molar refractivity (Wildman–Crippen MR) is 45.9 cm³/mol. The van der Waals surface area contributed by atoms with Crippen molar-refractivity contribution in [3.63, 3.8) is 0 Å². The topological polar surface area (TPSA) is 66.2 Å². The zero-order chi connectivity index (χ0) is 8.97. The van der Waals surface area contributed by atoms with Gasteiger partial charge < -0.3 is 10.0 Å². The van der Waals surface area contributed by atoms with Gasteiger partial charge in [0, 0.05) is 12.4 Å². The van der Waals surface area contributed by atoms with Crippen LogP contribution in [0.2, 0.25) is 0 Å². The van der Waals surface area contributed by atoms with Crippen LogP contribution in [-0.4, -0.2) is 27.1 Å². The Morgan fingerprint density at radius 3 is 2.33 bits per heavy atom. The molecule has 0 bridgehead atoms. The third-order valence-electron chi connectivity index (χ3n) is 1.49. The SMILES string of the molecule is CCCc1cnc(B(O)O)nc1. The van der Waals surface area contributed by atoms with Crippen LogP contribution in [0, 0.1) is 0 Å². The maximum absolute atomic E-state index is 8.68. The van der Waals surface area contributed by atoms with Crippen LogP contribution in [-0.2, 0) is 6.42 Å². The van der Waals surface area contributed by atoms with Crippen molar-refractivity contribution in [1.29, 1.82) is 0 Å². The molecule has 12 heavy (non-hydrogen) atoms. The highest BCUT2D eigenvalue weighted by atomic mass is 16.4. The largest absolute Gasteiger partial charge is 0.528 e. The number of aromatic nitrogens is 2. The maximum Gasteiger partial charge on any atom is 0.528 e. The quantitative estimate of drug-likeness (QED) is 0.571. The number of hydrogen-bond acceptors (Lipinski definition) is 4. The zero-order valence-electron chi connectivity index (χ0n) is 6.94. The van der Waals surface area contributed by atoms with Crippen molar-refractivity contribution >= 4 is 12.8 Å². The highest BCUT2D eigenvalue weighted by Crippen LogP contribution is 1.96. The average Bonchev–Trinajstić information content (AvgIpc) is 2.06. The summed E-state index contributed by atoms with van der Waals surface area (Å²) in [6, 6.07) is 0. The molecule has 0 atom stereocenters. The summed E-state index contributed by atoms with van der Waals surface area (Å²) in [5.74, 6) is 0. The van der Waals surface area contributed by atoms with Gasteiger partial charge in [-0.2, -0.15) is 0 Å². The van der Waals surface area contributed by atoms with Crippen LogP contribution in [0.15, 0.2) is 12.4 Å². The van der Waals surface area contributed by atoms with Gasteiger partial charge in [0.25, 0.3) is 0 Å². The van der Waals surface area contributed by atoms with Gasteiger partial charge in [-0.15, -0.1) is 0 Å². The summed E-state index contributed by atoms with van der Waals surface area (Å²) in [4.78, 5) is 7.57. The fourth-order valence-electron chi connectivity index (χ4n) is 0.916. The van der Waals surface area contributed by atoms with Gasteiger partial charge in [-0.25, -0.2) is 9.97 Å². The van der Waals surface area contributed by atoms with E-state index in [0.717, 1.165) is 18.4 Å². The molecule has 5 heteroatoms. The van der Waals surface area contributed by atoms with Crippen molar-refractivity contribution < 1.29 is 10.0 Å². The minimum atomic E-state index is -1.57. The van der Waals surface area contributed by atoms with E-state index in [-0.39, 0.29) is 5.72 Å². The second-order valence-corrected chi connectivity index (χ2v) is 2.57. The molecule has 0 aromatic carbocycles. The Balaban J connectivity index is 2.71. The lowest BCUT2D eigenvalue weighted by Gasteiger charge is -1.99. The van der Waals surface area contributed by atoms with Gasteiger partial charge in [0.1, 0.15) is 0 Å². The van der Waals surface area contributed by atoms with Gasteiger partial charge in [0.05, 0.1) is 0 Å². The van der Waals surface area contributed by atoms with E-state index in [2.05, 4.69) is 16.9 Å². The van der Waals surface area contributed by atoms with Crippen molar-refractivity contribution in [2.45, 2.75) is 19.8 Å². The van der Waals surface area contributed by atoms with Gasteiger partial charge >= 0.3 is 7.12 Å². The second kappa shape index (κ2) is 4.18. The molecule has 4 nitrogen and oxygen atoms in total. The van der Waals surface area contributed by atoms with E-state index in [1.165, 1.54) is 0 Å². The van der Waals surface area contributed by atoms with Crippen LogP contribution in [0.25, 0.3) is 0 Å². The molecule has 0 unspecified atom stereocenters. The zero-order valence-corrected chi connectivity index (χ0v) is 6.94. The van der Waals surface area contributed by atoms with Crippen LogP contribution in [0.5, 0.6) is 0 Å². The standard InChI is InChI=1S/C7H11BN2O2/c1-2-3-6-4-9-7(8(11)12)10-5-6/h4-5,11-12H,2-3H2,1H3. The summed E-state index contributed by atoms with van der Waals surface area (Å²) >= 11 is 0. The molecule has 0 fully saturated rings. The van der Waals surface area contributed by atoms with Gasteiger partial charge in [-0.3, -0.25) is 0 Å². The first-order valence-electron chi connectivity index (χ1n) is 3.91. The van der Waals surface area contributed by atoms with Crippen LogP contribution in [0.4, 0.5) is 0 Å². The Morgan fingerprint density at radius 2 is 1.92 bits per heavy atom. The minimum absolute atomic E-state index is 0.0508. The monoisotopic (exact) mass is 166 g/mol. The molecule has 64 valence electrons. The molecular formula is C7H11BN2O2. The molecule has 0 saturated carbocycles. The summed E-state index contributed by atoms with van der Waals surface area (Å²) < 4.78 is 0. The number of aryl methyl sites for hydroxylation is 1. The molecule has 1 aromatic heterocycles. The first-order chi connectivity index (χ1) is 5.74. The van der Waals surface area contributed by atoms with Crippen LogP contribution >= 0.6 is 0 Å². The van der Waals surface area contributed by atoms with Crippen molar-refractivity contribution in [3.05, 3.63) is 18.0 Å². The normalized spacial score (nSPS) is 9.92. The van der Waals surface area contributed by atoms with Crippen molar-refractivity contribution in [2.24, 2.45) is 0 Å². The number of nitrogens with zero attached hydrogens (tertiary/aromatic N) is 2. The van der Waals surface area contributed by atoms with Gasteiger partial charge in [-0.1, -0.05) is 13.3 Å². The molecule has 0 aliphatic carbocycles. The smallest absolute Gasteiger partial charge is 0.421 e. The van der Waals surface area contributed by atoms with E-state index >= 15 is 0 Å². The lowest BCUT2D eigenvalue weighted by Crippen LogP contribution is -2.35. The molecule has 2 N–H and O–H groups in total. The Bertz CT molecular complexity index is 238. The first kappa shape index (κ1) is 9.16. The highest BCUT2D eigenvalue weighted by molar-refractivity contribution is 6.56. The molecule has 1 heterocycles. The Morgan fingerprint density at radius 1 is 1.33 bits per heavy atom. The molecule has 1 rings (SSSR count). The van der Waals surface area contributed by atoms with Gasteiger partial charge in [0.15, 0.2) is 5.72 Å². The van der Waals surface area contributed by atoms with Crippen molar-refractivity contribution in [3.8, 4) is 0 Å². The third-order valence-corrected chi connectivity index (χ3v) is 1.49. The molecule has 0 amide bonds. The average molecular weight is 166 g/mol. The van der Waals surface area contributed by atoms with E-state index in [0.29, 0.717) is 0 Å². The first-order valence-corrected chi connectivity index (χ1v) is 3.91. The molecule has 0 aliphatic heterocycles. The lowest BCUT2D eigenvalue weighted by atomic mass is 9.91. The summed E-state index contributed by atoms with van der Waals surface area (Å²) in [6.45, 7) is 2.06. The van der Waals surface area contributed by atoms with Crippen molar-refractivity contribution in [2.75, 3.05) is 0 Å². The molecule has 0 saturated heterocycles. The van der Waals surface area contributed by atoms with E-state index < -0.39 is 7.12 Å². The number of rotatable bonds is 3. The molecule has 1 aromatic rings. The summed E-state index contributed by atoms with van der Waals surface area (Å²) in [5.41, 5.74) is 1.07. The van der Waals surface area contributed by atoms with Gasteiger partial charge in [-0.05, 0) is 12.0 Å². The van der Waals surface area contributed by atoms with Crippen molar-refractivity contribution in [1.82, 2.24) is 9.97 Å². The number of hydrogen-bond donors (Lipinski definition) is 2. The van der Waals surface area contributed by atoms with E-state index in [9.17, 15) is 0 Å². The van der Waals surface area contributed by atoms with Crippen LogP contribution in [0.3, 0.4) is 0 Å². The highest BCUT2D eigenvalue weighted by Gasteiger charge is 2.13. The Hall–Kier alpha value is -0.935. The summed E-state index contributed by atoms with van der Waals surface area (Å²) in [7, 11) is -1.57. The molecule has 0 aliphatic rings. The third kappa shape index (κ3) is 2.28. The molecule has 0 spiro atoms. The minimum Gasteiger partial charge on any atom is -0.421 e. The second-order valence-electron chi connectivity index (χ2n) is 2.57. The van der Waals surface area contributed by atoms with Crippen LogP contribution in [0.1, 0.15) is 18.9 Å². The fraction of sp³-hybridized carbons (Fsp3) is 0.429.